The van der Waals surface area contributed by atoms with Crippen LogP contribution in [0.2, 0.25) is 15.3 Å². The minimum Gasteiger partial charge on any atom is -0.478 e. The summed E-state index contributed by atoms with van der Waals surface area (Å²) in [5.41, 5.74) is -0.228. The number of amides is 1. The van der Waals surface area contributed by atoms with Crippen LogP contribution in [0.5, 0.6) is 0 Å². The van der Waals surface area contributed by atoms with Crippen LogP contribution < -0.4 is 5.32 Å². The van der Waals surface area contributed by atoms with E-state index >= 15 is 0 Å². The highest BCUT2D eigenvalue weighted by molar-refractivity contribution is 6.35. The number of hydrogen-bond donors (Lipinski definition) is 2. The maximum absolute atomic E-state index is 12.1. The molecule has 2 aromatic rings. The van der Waals surface area contributed by atoms with E-state index in [4.69, 9.17) is 39.9 Å². The van der Waals surface area contributed by atoms with Crippen molar-refractivity contribution in [3.8, 4) is 0 Å². The van der Waals surface area contributed by atoms with Gasteiger partial charge in [0.2, 0.25) is 0 Å². The van der Waals surface area contributed by atoms with Crippen LogP contribution in [0.1, 0.15) is 20.7 Å². The van der Waals surface area contributed by atoms with Gasteiger partial charge in [-0.3, -0.25) is 4.79 Å². The summed E-state index contributed by atoms with van der Waals surface area (Å²) in [6, 6.07) is 5.52. The third-order valence-electron chi connectivity index (χ3n) is 2.44. The fourth-order valence-electron chi connectivity index (χ4n) is 1.55. The van der Waals surface area contributed by atoms with E-state index < -0.39 is 11.9 Å². The predicted octanol–water partition coefficient (Wildman–Crippen LogP) is 3.39. The maximum atomic E-state index is 12.1. The first-order chi connectivity index (χ1) is 9.90. The molecule has 1 aromatic heterocycles. The van der Waals surface area contributed by atoms with Gasteiger partial charge in [0.25, 0.3) is 5.91 Å². The van der Waals surface area contributed by atoms with Crippen molar-refractivity contribution in [3.05, 3.63) is 50.7 Å². The van der Waals surface area contributed by atoms with Crippen LogP contribution in [-0.4, -0.2) is 27.2 Å². The highest BCUT2D eigenvalue weighted by Gasteiger charge is 2.19. The summed E-state index contributed by atoms with van der Waals surface area (Å²) in [6.07, 6.45) is 0. The Bertz CT molecular complexity index is 737. The van der Waals surface area contributed by atoms with E-state index in [2.05, 4.69) is 15.5 Å². The third kappa shape index (κ3) is 3.41. The zero-order valence-corrected chi connectivity index (χ0v) is 12.4. The molecule has 2 N–H and O–H groups in total. The number of benzene rings is 1. The van der Waals surface area contributed by atoms with Crippen molar-refractivity contribution >= 4 is 52.4 Å². The molecule has 0 bridgehead atoms. The fraction of sp³-hybridized carbons (Fsp3) is 0. The van der Waals surface area contributed by atoms with Gasteiger partial charge in [-0.05, 0) is 18.2 Å². The molecule has 0 aliphatic rings. The molecule has 0 atom stereocenters. The van der Waals surface area contributed by atoms with Crippen molar-refractivity contribution in [2.45, 2.75) is 0 Å². The van der Waals surface area contributed by atoms with Crippen molar-refractivity contribution in [2.75, 3.05) is 5.32 Å². The first-order valence-electron chi connectivity index (χ1n) is 5.42. The number of hydrogen-bond acceptors (Lipinski definition) is 4. The van der Waals surface area contributed by atoms with Gasteiger partial charge in [0, 0.05) is 0 Å². The van der Waals surface area contributed by atoms with Crippen molar-refractivity contribution in [1.82, 2.24) is 10.2 Å². The predicted molar refractivity (Wildman–Crippen MR) is 78.4 cm³/mol. The van der Waals surface area contributed by atoms with Crippen molar-refractivity contribution in [3.63, 3.8) is 0 Å². The standard InChI is InChI=1S/C12H6Cl3N3O3/c13-6-2-1-3-7(9(6)12(20)21)16-11(19)5-4-8(14)17-18-10(5)15/h1-4H,(H,16,19)(H,20,21). The largest absolute Gasteiger partial charge is 0.478 e. The Morgan fingerprint density at radius 3 is 2.52 bits per heavy atom. The lowest BCUT2D eigenvalue weighted by Crippen LogP contribution is -2.16. The second-order valence-electron chi connectivity index (χ2n) is 3.79. The lowest BCUT2D eigenvalue weighted by Gasteiger charge is -2.10. The minimum atomic E-state index is -1.27. The first-order valence-corrected chi connectivity index (χ1v) is 6.55. The van der Waals surface area contributed by atoms with E-state index in [9.17, 15) is 9.59 Å². The van der Waals surface area contributed by atoms with E-state index in [0.717, 1.165) is 0 Å². The van der Waals surface area contributed by atoms with E-state index in [1.807, 2.05) is 0 Å². The Morgan fingerprint density at radius 1 is 1.14 bits per heavy atom. The molecule has 6 nitrogen and oxygen atoms in total. The Kier molecular flexibility index (Phi) is 4.62. The Balaban J connectivity index is 2.39. The van der Waals surface area contributed by atoms with Crippen LogP contribution in [0, 0.1) is 0 Å². The van der Waals surface area contributed by atoms with Crippen LogP contribution in [-0.2, 0) is 0 Å². The molecule has 1 heterocycles. The number of halogens is 3. The summed E-state index contributed by atoms with van der Waals surface area (Å²) in [6.45, 7) is 0. The van der Waals surface area contributed by atoms with Gasteiger partial charge in [-0.2, -0.15) is 0 Å². The molecule has 0 spiro atoms. The van der Waals surface area contributed by atoms with Crippen molar-refractivity contribution in [2.24, 2.45) is 0 Å². The van der Waals surface area contributed by atoms with Gasteiger partial charge in [0.05, 0.1) is 16.3 Å². The summed E-state index contributed by atoms with van der Waals surface area (Å²) in [4.78, 5) is 23.3. The highest BCUT2D eigenvalue weighted by Crippen LogP contribution is 2.25. The number of carbonyl (C=O) groups excluding carboxylic acids is 1. The summed E-state index contributed by atoms with van der Waals surface area (Å²) < 4.78 is 0. The van der Waals surface area contributed by atoms with Gasteiger partial charge in [-0.15, -0.1) is 10.2 Å². The molecule has 0 saturated carbocycles. The van der Waals surface area contributed by atoms with Gasteiger partial charge in [0.15, 0.2) is 10.3 Å². The molecule has 1 aromatic carbocycles. The minimum absolute atomic E-state index is 0.00252. The molecule has 0 saturated heterocycles. The summed E-state index contributed by atoms with van der Waals surface area (Å²) >= 11 is 17.2. The quantitative estimate of drug-likeness (QED) is 0.888. The third-order valence-corrected chi connectivity index (χ3v) is 3.22. The second kappa shape index (κ2) is 6.26. The number of carboxylic acids is 1. The molecule has 108 valence electrons. The van der Waals surface area contributed by atoms with E-state index in [1.165, 1.54) is 24.3 Å². The number of aromatic nitrogens is 2. The number of aromatic carboxylic acids is 1. The Hall–Kier alpha value is -1.89. The molecular formula is C12H6Cl3N3O3. The number of carbonyl (C=O) groups is 2. The Labute approximate surface area is 133 Å². The number of nitrogens with one attached hydrogen (secondary N) is 1. The molecular weight excluding hydrogens is 341 g/mol. The smallest absolute Gasteiger partial charge is 0.339 e. The van der Waals surface area contributed by atoms with Crippen LogP contribution in [0.15, 0.2) is 24.3 Å². The summed E-state index contributed by atoms with van der Waals surface area (Å²) in [5, 5.41) is 18.3. The fourth-order valence-corrected chi connectivity index (χ4v) is 2.13. The molecule has 0 aliphatic carbocycles. The average Bonchev–Trinajstić information content (AvgIpc) is 2.41. The molecule has 2 rings (SSSR count). The molecule has 0 fully saturated rings. The number of carboxylic acid groups (broad SMARTS) is 1. The number of rotatable bonds is 3. The van der Waals surface area contributed by atoms with Crippen LogP contribution >= 0.6 is 34.8 Å². The SMILES string of the molecule is O=C(Nc1cccc(Cl)c1C(=O)O)c1cc(Cl)nnc1Cl. The summed E-state index contributed by atoms with van der Waals surface area (Å²) in [7, 11) is 0. The second-order valence-corrected chi connectivity index (χ2v) is 4.95. The topological polar surface area (TPSA) is 92.2 Å². The molecule has 0 unspecified atom stereocenters. The zero-order chi connectivity index (χ0) is 15.6. The van der Waals surface area contributed by atoms with Gasteiger partial charge in [-0.25, -0.2) is 4.79 Å². The van der Waals surface area contributed by atoms with E-state index in [0.29, 0.717) is 0 Å². The molecule has 21 heavy (non-hydrogen) atoms. The van der Waals surface area contributed by atoms with Crippen LogP contribution in [0.3, 0.4) is 0 Å². The van der Waals surface area contributed by atoms with Crippen LogP contribution in [0.4, 0.5) is 5.69 Å². The summed E-state index contributed by atoms with van der Waals surface area (Å²) in [5.74, 6) is -1.95. The molecule has 1 amide bonds. The lowest BCUT2D eigenvalue weighted by atomic mass is 10.1. The highest BCUT2D eigenvalue weighted by atomic mass is 35.5. The monoisotopic (exact) mass is 345 g/mol. The van der Waals surface area contributed by atoms with Crippen LogP contribution in [0.25, 0.3) is 0 Å². The average molecular weight is 347 g/mol. The van der Waals surface area contributed by atoms with Crippen molar-refractivity contribution < 1.29 is 14.7 Å². The number of nitrogens with zero attached hydrogens (tertiary/aromatic N) is 2. The molecule has 9 heteroatoms. The Morgan fingerprint density at radius 2 is 1.86 bits per heavy atom. The van der Waals surface area contributed by atoms with Gasteiger partial charge < -0.3 is 10.4 Å². The first kappa shape index (κ1) is 15.5. The molecule has 0 aliphatic heterocycles. The maximum Gasteiger partial charge on any atom is 0.339 e. The van der Waals surface area contributed by atoms with Gasteiger partial charge in [-0.1, -0.05) is 40.9 Å². The molecule has 0 radical (unpaired) electrons. The number of anilines is 1. The van der Waals surface area contributed by atoms with Gasteiger partial charge in [0.1, 0.15) is 5.56 Å². The zero-order valence-electron chi connectivity index (χ0n) is 10.1. The lowest BCUT2D eigenvalue weighted by molar-refractivity contribution is 0.0698. The van der Waals surface area contributed by atoms with E-state index in [-0.39, 0.29) is 32.1 Å². The van der Waals surface area contributed by atoms with Crippen molar-refractivity contribution in [1.29, 1.82) is 0 Å². The van der Waals surface area contributed by atoms with E-state index in [1.54, 1.807) is 0 Å². The van der Waals surface area contributed by atoms with Gasteiger partial charge >= 0.3 is 5.97 Å². The normalized spacial score (nSPS) is 10.2.